The summed E-state index contributed by atoms with van der Waals surface area (Å²) in [7, 11) is 0. The van der Waals surface area contributed by atoms with Crippen molar-refractivity contribution in [3.63, 3.8) is 0 Å². The first-order valence-corrected chi connectivity index (χ1v) is 11.8. The van der Waals surface area contributed by atoms with Crippen LogP contribution in [0.4, 0.5) is 18.9 Å². The number of ether oxygens (including phenoxy) is 1. The maximum Gasteiger partial charge on any atom is 0.418 e. The van der Waals surface area contributed by atoms with E-state index in [0.717, 1.165) is 12.5 Å². The topological polar surface area (TPSA) is 59.5 Å². The average Bonchev–Trinajstić information content (AvgIpc) is 2.70. The molecule has 0 unspecified atom stereocenters. The lowest BCUT2D eigenvalue weighted by atomic mass is 9.85. The van der Waals surface area contributed by atoms with Crippen LogP contribution in [0.5, 0.6) is 0 Å². The van der Waals surface area contributed by atoms with Crippen LogP contribution in [-0.4, -0.2) is 35.4 Å². The SMILES string of the molecule is C[C@H]1C[C@@H](CC(=O)CCCC(=O)OC(C)(C)C)CN(c2ccc(C(F)(F)F)c3ncccc23)C1. The van der Waals surface area contributed by atoms with Crippen LogP contribution in [0.1, 0.15) is 65.4 Å². The summed E-state index contributed by atoms with van der Waals surface area (Å²) in [6.45, 7) is 8.82. The zero-order valence-corrected chi connectivity index (χ0v) is 20.2. The molecule has 186 valence electrons. The summed E-state index contributed by atoms with van der Waals surface area (Å²) < 4.78 is 45.7. The molecule has 2 atom stereocenters. The van der Waals surface area contributed by atoms with Gasteiger partial charge in [0.25, 0.3) is 0 Å². The Morgan fingerprint density at radius 1 is 1.12 bits per heavy atom. The lowest BCUT2D eigenvalue weighted by Crippen LogP contribution is -2.40. The number of nitrogens with zero attached hydrogens (tertiary/aromatic N) is 2. The Morgan fingerprint density at radius 2 is 1.85 bits per heavy atom. The van der Waals surface area contributed by atoms with Gasteiger partial charge in [0.2, 0.25) is 0 Å². The fourth-order valence-electron chi connectivity index (χ4n) is 4.73. The number of aromatic nitrogens is 1. The molecule has 8 heteroatoms. The Labute approximate surface area is 198 Å². The molecule has 34 heavy (non-hydrogen) atoms. The number of benzene rings is 1. The van der Waals surface area contributed by atoms with Crippen LogP contribution in [0.3, 0.4) is 0 Å². The average molecular weight is 479 g/mol. The quantitative estimate of drug-likeness (QED) is 0.444. The number of carbonyl (C=O) groups excluding carboxylic acids is 2. The van der Waals surface area contributed by atoms with Crippen molar-refractivity contribution in [1.29, 1.82) is 0 Å². The molecule has 0 saturated carbocycles. The van der Waals surface area contributed by atoms with Crippen molar-refractivity contribution >= 4 is 28.3 Å². The van der Waals surface area contributed by atoms with E-state index in [9.17, 15) is 22.8 Å². The normalized spacial score (nSPS) is 19.3. The van der Waals surface area contributed by atoms with E-state index in [0.29, 0.717) is 49.3 Å². The highest BCUT2D eigenvalue weighted by atomic mass is 19.4. The number of pyridine rings is 1. The maximum absolute atomic E-state index is 13.5. The van der Waals surface area contributed by atoms with Crippen molar-refractivity contribution in [2.24, 2.45) is 11.8 Å². The van der Waals surface area contributed by atoms with Crippen molar-refractivity contribution in [3.8, 4) is 0 Å². The number of halogens is 3. The minimum Gasteiger partial charge on any atom is -0.460 e. The Hall–Kier alpha value is -2.64. The van der Waals surface area contributed by atoms with E-state index in [1.54, 1.807) is 12.1 Å². The predicted octanol–water partition coefficient (Wildman–Crippen LogP) is 6.19. The first-order valence-electron chi connectivity index (χ1n) is 11.8. The first kappa shape index (κ1) is 26.0. The van der Waals surface area contributed by atoms with Gasteiger partial charge >= 0.3 is 12.1 Å². The molecule has 1 aromatic heterocycles. The molecule has 1 aromatic carbocycles. The molecule has 2 heterocycles. The zero-order chi connectivity index (χ0) is 25.1. The highest BCUT2D eigenvalue weighted by Crippen LogP contribution is 2.39. The molecular weight excluding hydrogens is 445 g/mol. The van der Waals surface area contributed by atoms with Crippen LogP contribution < -0.4 is 4.90 Å². The minimum atomic E-state index is -4.48. The van der Waals surface area contributed by atoms with E-state index in [1.165, 1.54) is 12.3 Å². The number of piperidine rings is 1. The lowest BCUT2D eigenvalue weighted by Gasteiger charge is -2.38. The Kier molecular flexibility index (Phi) is 7.88. The second-order valence-corrected chi connectivity index (χ2v) is 10.3. The Morgan fingerprint density at radius 3 is 2.53 bits per heavy atom. The summed E-state index contributed by atoms with van der Waals surface area (Å²) in [5.74, 6) is 0.191. The molecule has 0 bridgehead atoms. The van der Waals surface area contributed by atoms with Gasteiger partial charge in [0.05, 0.1) is 11.1 Å². The molecule has 1 aliphatic heterocycles. The maximum atomic E-state index is 13.5. The van der Waals surface area contributed by atoms with Crippen LogP contribution in [0.15, 0.2) is 30.5 Å². The number of carbonyl (C=O) groups is 2. The fraction of sp³-hybridized carbons (Fsp3) is 0.577. The fourth-order valence-corrected chi connectivity index (χ4v) is 4.73. The molecule has 1 fully saturated rings. The van der Waals surface area contributed by atoms with Gasteiger partial charge in [-0.2, -0.15) is 13.2 Å². The van der Waals surface area contributed by atoms with Gasteiger partial charge in [-0.25, -0.2) is 0 Å². The number of Topliss-reactive ketones (excluding diaryl/α,β-unsaturated/α-hetero) is 1. The number of fused-ring (bicyclic) bond motifs is 1. The first-order chi connectivity index (χ1) is 15.8. The number of rotatable bonds is 7. The third kappa shape index (κ3) is 6.93. The molecule has 1 aliphatic rings. The standard InChI is InChI=1S/C26H33F3N2O3/c1-17-13-18(14-19(32)7-5-9-23(33)34-25(2,3)4)16-31(15-17)22-11-10-21(26(27,28)29)24-20(22)8-6-12-30-24/h6,8,10-12,17-18H,5,7,9,13-16H2,1-4H3/t17-,18-/m0/s1. The molecule has 1 saturated heterocycles. The number of hydrogen-bond acceptors (Lipinski definition) is 5. The van der Waals surface area contributed by atoms with E-state index >= 15 is 0 Å². The van der Waals surface area contributed by atoms with Crippen molar-refractivity contribution in [1.82, 2.24) is 4.98 Å². The Balaban J connectivity index is 1.66. The zero-order valence-electron chi connectivity index (χ0n) is 20.2. The molecule has 0 spiro atoms. The van der Waals surface area contributed by atoms with Gasteiger partial charge < -0.3 is 9.64 Å². The molecule has 0 amide bonds. The third-order valence-corrected chi connectivity index (χ3v) is 5.91. The number of esters is 1. The summed E-state index contributed by atoms with van der Waals surface area (Å²) in [6, 6.07) is 5.93. The van der Waals surface area contributed by atoms with Crippen molar-refractivity contribution < 1.29 is 27.5 Å². The largest absolute Gasteiger partial charge is 0.460 e. The van der Waals surface area contributed by atoms with Gasteiger partial charge in [-0.15, -0.1) is 0 Å². The Bertz CT molecular complexity index is 1030. The molecular formula is C26H33F3N2O3. The monoisotopic (exact) mass is 478 g/mol. The van der Waals surface area contributed by atoms with Crippen LogP contribution in [0, 0.1) is 11.8 Å². The van der Waals surface area contributed by atoms with Gasteiger partial charge in [-0.05, 0) is 69.7 Å². The van der Waals surface area contributed by atoms with Crippen molar-refractivity contribution in [3.05, 3.63) is 36.0 Å². The summed E-state index contributed by atoms with van der Waals surface area (Å²) in [5, 5.41) is 0.467. The van der Waals surface area contributed by atoms with Crippen LogP contribution in [0.25, 0.3) is 10.9 Å². The highest BCUT2D eigenvalue weighted by molar-refractivity contribution is 5.94. The van der Waals surface area contributed by atoms with E-state index in [-0.39, 0.29) is 29.6 Å². The van der Waals surface area contributed by atoms with E-state index in [2.05, 4.69) is 16.8 Å². The second-order valence-electron chi connectivity index (χ2n) is 10.3. The second kappa shape index (κ2) is 10.3. The molecule has 2 aromatic rings. The van der Waals surface area contributed by atoms with Gasteiger partial charge in [-0.1, -0.05) is 6.92 Å². The van der Waals surface area contributed by atoms with Crippen molar-refractivity contribution in [2.75, 3.05) is 18.0 Å². The van der Waals surface area contributed by atoms with Crippen LogP contribution in [-0.2, 0) is 20.5 Å². The predicted molar refractivity (Wildman–Crippen MR) is 126 cm³/mol. The number of hydrogen-bond donors (Lipinski definition) is 0. The van der Waals surface area contributed by atoms with Gasteiger partial charge in [0.15, 0.2) is 0 Å². The molecule has 0 aliphatic carbocycles. The summed E-state index contributed by atoms with van der Waals surface area (Å²) >= 11 is 0. The summed E-state index contributed by atoms with van der Waals surface area (Å²) in [4.78, 5) is 30.5. The third-order valence-electron chi connectivity index (χ3n) is 5.91. The molecule has 0 radical (unpaired) electrons. The lowest BCUT2D eigenvalue weighted by molar-refractivity contribution is -0.154. The summed E-state index contributed by atoms with van der Waals surface area (Å²) in [6.07, 6.45) is -0.850. The number of anilines is 1. The van der Waals surface area contributed by atoms with Crippen LogP contribution in [0.2, 0.25) is 0 Å². The van der Waals surface area contributed by atoms with Gasteiger partial charge in [0.1, 0.15) is 11.4 Å². The van der Waals surface area contributed by atoms with Crippen molar-refractivity contribution in [2.45, 2.75) is 71.6 Å². The number of alkyl halides is 3. The number of ketones is 1. The van der Waals surface area contributed by atoms with Gasteiger partial charge in [0, 0.05) is 49.6 Å². The minimum absolute atomic E-state index is 0.0551. The molecule has 3 rings (SSSR count). The molecule has 0 N–H and O–H groups in total. The van der Waals surface area contributed by atoms with E-state index in [4.69, 9.17) is 4.74 Å². The van der Waals surface area contributed by atoms with Crippen LogP contribution >= 0.6 is 0 Å². The summed E-state index contributed by atoms with van der Waals surface area (Å²) in [5.41, 5.74) is -0.625. The molecule has 5 nitrogen and oxygen atoms in total. The highest BCUT2D eigenvalue weighted by Gasteiger charge is 2.35. The smallest absolute Gasteiger partial charge is 0.418 e. The van der Waals surface area contributed by atoms with E-state index in [1.807, 2.05) is 20.8 Å². The van der Waals surface area contributed by atoms with E-state index < -0.39 is 17.3 Å². The van der Waals surface area contributed by atoms with Gasteiger partial charge in [-0.3, -0.25) is 14.6 Å².